The summed E-state index contributed by atoms with van der Waals surface area (Å²) in [4.78, 5) is 15.2. The van der Waals surface area contributed by atoms with Gasteiger partial charge in [-0.05, 0) is 41.8 Å². The van der Waals surface area contributed by atoms with E-state index in [4.69, 9.17) is 5.14 Å². The van der Waals surface area contributed by atoms with Crippen molar-refractivity contribution in [3.63, 3.8) is 0 Å². The van der Waals surface area contributed by atoms with Gasteiger partial charge >= 0.3 is 0 Å². The van der Waals surface area contributed by atoms with Gasteiger partial charge in [-0.2, -0.15) is 0 Å². The van der Waals surface area contributed by atoms with E-state index in [0.717, 1.165) is 33.4 Å². The van der Waals surface area contributed by atoms with Crippen LogP contribution < -0.4 is 10.0 Å². The van der Waals surface area contributed by atoms with Gasteiger partial charge in [-0.1, -0.05) is 36.4 Å². The van der Waals surface area contributed by atoms with Crippen LogP contribution in [0.1, 0.15) is 5.69 Å². The largest absolute Gasteiger partial charge is 0.335 e. The fraction of sp³-hybridized carbons (Fsp3) is 0.0385. The minimum atomic E-state index is -3.88. The van der Waals surface area contributed by atoms with Gasteiger partial charge in [0.15, 0.2) is 0 Å². The predicted octanol–water partition coefficient (Wildman–Crippen LogP) is 4.68. The Kier molecular flexibility index (Phi) is 5.75. The number of primary sulfonamides is 1. The first-order chi connectivity index (χ1) is 16.5. The van der Waals surface area contributed by atoms with Crippen LogP contribution in [0.2, 0.25) is 0 Å². The third kappa shape index (κ3) is 4.36. The van der Waals surface area contributed by atoms with Gasteiger partial charge in [-0.25, -0.2) is 13.6 Å². The third-order valence-electron chi connectivity index (χ3n) is 5.54. The SMILES string of the molecule is NS(=O)(=O)c1cncc(-c2cncc3c(N(Cc4ccccn4)c4ccccc4)cccc23)c1. The van der Waals surface area contributed by atoms with E-state index in [9.17, 15) is 8.42 Å². The van der Waals surface area contributed by atoms with Crippen LogP contribution in [0.4, 0.5) is 11.4 Å². The second-order valence-electron chi connectivity index (χ2n) is 7.76. The molecule has 0 unspecified atom stereocenters. The molecule has 34 heavy (non-hydrogen) atoms. The third-order valence-corrected chi connectivity index (χ3v) is 6.42. The smallest absolute Gasteiger partial charge is 0.239 e. The number of hydrogen-bond donors (Lipinski definition) is 1. The summed E-state index contributed by atoms with van der Waals surface area (Å²) in [6.45, 7) is 0.566. The van der Waals surface area contributed by atoms with E-state index in [1.54, 1.807) is 18.6 Å². The van der Waals surface area contributed by atoms with Crippen molar-refractivity contribution in [2.24, 2.45) is 5.14 Å². The van der Waals surface area contributed by atoms with E-state index in [1.165, 1.54) is 12.3 Å². The number of hydrogen-bond acceptors (Lipinski definition) is 6. The minimum Gasteiger partial charge on any atom is -0.335 e. The lowest BCUT2D eigenvalue weighted by Crippen LogP contribution is -2.17. The number of sulfonamides is 1. The molecule has 7 nitrogen and oxygen atoms in total. The van der Waals surface area contributed by atoms with Crippen LogP contribution in [0.15, 0.2) is 109 Å². The molecular weight excluding hydrogens is 446 g/mol. The molecular formula is C26H21N5O2S. The molecule has 0 fully saturated rings. The lowest BCUT2D eigenvalue weighted by Gasteiger charge is -2.26. The van der Waals surface area contributed by atoms with E-state index in [0.29, 0.717) is 12.1 Å². The molecule has 0 radical (unpaired) electrons. The summed E-state index contributed by atoms with van der Waals surface area (Å²) in [5.74, 6) is 0. The van der Waals surface area contributed by atoms with E-state index in [1.807, 2.05) is 60.8 Å². The molecule has 0 aliphatic carbocycles. The molecule has 0 atom stereocenters. The number of rotatable bonds is 6. The van der Waals surface area contributed by atoms with Gasteiger partial charge in [0.05, 0.1) is 17.9 Å². The van der Waals surface area contributed by atoms with Gasteiger partial charge in [0.2, 0.25) is 10.0 Å². The van der Waals surface area contributed by atoms with Crippen molar-refractivity contribution in [3.8, 4) is 11.1 Å². The molecule has 168 valence electrons. The summed E-state index contributed by atoms with van der Waals surface area (Å²) in [5.41, 5.74) is 4.29. The molecule has 3 heterocycles. The zero-order chi connectivity index (χ0) is 23.5. The van der Waals surface area contributed by atoms with Crippen LogP contribution in [-0.4, -0.2) is 23.4 Å². The van der Waals surface area contributed by atoms with Gasteiger partial charge < -0.3 is 4.90 Å². The lowest BCUT2D eigenvalue weighted by atomic mass is 10.0. The summed E-state index contributed by atoms with van der Waals surface area (Å²) in [6.07, 6.45) is 8.17. The Morgan fingerprint density at radius 2 is 1.59 bits per heavy atom. The Morgan fingerprint density at radius 3 is 2.35 bits per heavy atom. The molecule has 2 aromatic carbocycles. The van der Waals surface area contributed by atoms with Crippen molar-refractivity contribution in [2.45, 2.75) is 11.4 Å². The van der Waals surface area contributed by atoms with Crippen molar-refractivity contribution in [1.82, 2.24) is 15.0 Å². The molecule has 2 N–H and O–H groups in total. The molecule has 0 bridgehead atoms. The quantitative estimate of drug-likeness (QED) is 0.389. The molecule has 0 spiro atoms. The van der Waals surface area contributed by atoms with Crippen LogP contribution in [0.25, 0.3) is 21.9 Å². The van der Waals surface area contributed by atoms with Gasteiger partial charge in [0.25, 0.3) is 0 Å². The van der Waals surface area contributed by atoms with E-state index in [2.05, 4.69) is 32.0 Å². The number of nitrogens with zero attached hydrogens (tertiary/aromatic N) is 4. The number of para-hydroxylation sites is 1. The molecule has 0 aliphatic heterocycles. The molecule has 8 heteroatoms. The molecule has 5 rings (SSSR count). The summed E-state index contributed by atoms with van der Waals surface area (Å²) < 4.78 is 23.7. The first kappa shape index (κ1) is 21.7. The summed E-state index contributed by atoms with van der Waals surface area (Å²) in [5, 5.41) is 7.16. The molecule has 3 aromatic heterocycles. The highest BCUT2D eigenvalue weighted by Crippen LogP contribution is 2.37. The highest BCUT2D eigenvalue weighted by Gasteiger charge is 2.17. The minimum absolute atomic E-state index is 0.0424. The van der Waals surface area contributed by atoms with E-state index in [-0.39, 0.29) is 4.90 Å². The van der Waals surface area contributed by atoms with Crippen molar-refractivity contribution in [1.29, 1.82) is 0 Å². The zero-order valence-corrected chi connectivity index (χ0v) is 18.9. The number of benzene rings is 2. The fourth-order valence-corrected chi connectivity index (χ4v) is 4.44. The second kappa shape index (κ2) is 9.01. The number of pyridine rings is 3. The number of anilines is 2. The maximum atomic E-state index is 11.9. The number of nitrogens with two attached hydrogens (primary N) is 1. The summed E-state index contributed by atoms with van der Waals surface area (Å²) >= 11 is 0. The molecule has 5 aromatic rings. The van der Waals surface area contributed by atoms with Gasteiger partial charge in [-0.3, -0.25) is 15.0 Å². The van der Waals surface area contributed by atoms with Crippen molar-refractivity contribution in [2.75, 3.05) is 4.90 Å². The van der Waals surface area contributed by atoms with Crippen LogP contribution in [-0.2, 0) is 16.6 Å². The molecule has 0 saturated carbocycles. The monoisotopic (exact) mass is 467 g/mol. The first-order valence-corrected chi connectivity index (χ1v) is 12.1. The normalized spacial score (nSPS) is 11.4. The van der Waals surface area contributed by atoms with Crippen molar-refractivity contribution >= 4 is 32.2 Å². The lowest BCUT2D eigenvalue weighted by molar-refractivity contribution is 0.597. The van der Waals surface area contributed by atoms with Crippen LogP contribution in [0.5, 0.6) is 0 Å². The average molecular weight is 468 g/mol. The topological polar surface area (TPSA) is 102 Å². The Morgan fingerprint density at radius 1 is 0.794 bits per heavy atom. The Labute approximate surface area is 197 Å². The maximum Gasteiger partial charge on any atom is 0.239 e. The number of aromatic nitrogens is 3. The Balaban J connectivity index is 1.68. The highest BCUT2D eigenvalue weighted by molar-refractivity contribution is 7.89. The van der Waals surface area contributed by atoms with Gasteiger partial charge in [0.1, 0.15) is 4.90 Å². The average Bonchev–Trinajstić information content (AvgIpc) is 2.87. The first-order valence-electron chi connectivity index (χ1n) is 10.6. The Hall–Kier alpha value is -4.14. The van der Waals surface area contributed by atoms with Gasteiger partial charge in [-0.15, -0.1) is 0 Å². The zero-order valence-electron chi connectivity index (χ0n) is 18.1. The highest BCUT2D eigenvalue weighted by atomic mass is 32.2. The molecule has 0 saturated heterocycles. The molecule has 0 amide bonds. The Bertz CT molecular complexity index is 1560. The standard InChI is InChI=1S/C26H21N5O2S/c27-34(32,33)22-13-19(14-28-15-22)24-16-29-17-25-23(24)10-6-11-26(25)31(21-8-2-1-3-9-21)18-20-7-4-5-12-30-20/h1-17H,18H2,(H2,27,32,33). The fourth-order valence-electron chi connectivity index (χ4n) is 3.94. The molecule has 0 aliphatic rings. The summed E-state index contributed by atoms with van der Waals surface area (Å²) in [7, 11) is -3.88. The van der Waals surface area contributed by atoms with E-state index >= 15 is 0 Å². The van der Waals surface area contributed by atoms with E-state index < -0.39 is 10.0 Å². The van der Waals surface area contributed by atoms with Crippen LogP contribution in [0, 0.1) is 0 Å². The van der Waals surface area contributed by atoms with Crippen molar-refractivity contribution < 1.29 is 8.42 Å². The van der Waals surface area contributed by atoms with Crippen LogP contribution in [0.3, 0.4) is 0 Å². The van der Waals surface area contributed by atoms with Crippen molar-refractivity contribution in [3.05, 3.63) is 109 Å². The predicted molar refractivity (Wildman–Crippen MR) is 133 cm³/mol. The number of fused-ring (bicyclic) bond motifs is 1. The summed E-state index contributed by atoms with van der Waals surface area (Å²) in [6, 6.07) is 23.5. The maximum absolute atomic E-state index is 11.9. The van der Waals surface area contributed by atoms with Gasteiger partial charge in [0, 0.05) is 53.2 Å². The van der Waals surface area contributed by atoms with Crippen LogP contribution >= 0.6 is 0 Å². The second-order valence-corrected chi connectivity index (χ2v) is 9.32.